The Morgan fingerprint density at radius 1 is 1.02 bits per heavy atom. The van der Waals surface area contributed by atoms with Crippen LogP contribution in [0, 0.1) is 0 Å². The first kappa shape index (κ1) is 28.7. The molecule has 9 heteroatoms. The number of nitrogens with zero attached hydrogens (tertiary/aromatic N) is 3. The summed E-state index contributed by atoms with van der Waals surface area (Å²) in [5.41, 5.74) is 11.8. The van der Waals surface area contributed by atoms with Crippen LogP contribution in [-0.4, -0.2) is 65.2 Å². The molecule has 1 saturated heterocycles. The van der Waals surface area contributed by atoms with Crippen molar-refractivity contribution >= 4 is 22.8 Å². The number of nitrogens with two attached hydrogens (primary N) is 1. The van der Waals surface area contributed by atoms with Crippen molar-refractivity contribution in [3.05, 3.63) is 78.1 Å². The Bertz CT molecular complexity index is 1600. The predicted octanol–water partition coefficient (Wildman–Crippen LogP) is 4.28. The van der Waals surface area contributed by atoms with Gasteiger partial charge < -0.3 is 30.0 Å². The van der Waals surface area contributed by atoms with Gasteiger partial charge in [0.2, 0.25) is 11.8 Å². The number of hydrogen-bond acceptors (Lipinski definition) is 6. The van der Waals surface area contributed by atoms with Gasteiger partial charge in [0.1, 0.15) is 19.0 Å². The Kier molecular flexibility index (Phi) is 8.60. The first-order valence-corrected chi connectivity index (χ1v) is 15.2. The summed E-state index contributed by atoms with van der Waals surface area (Å²) in [6.45, 7) is 5.19. The van der Waals surface area contributed by atoms with Crippen LogP contribution in [-0.2, 0) is 22.6 Å². The van der Waals surface area contributed by atoms with E-state index in [-0.39, 0.29) is 23.8 Å². The minimum absolute atomic E-state index is 0.0484. The average Bonchev–Trinajstić information content (AvgIpc) is 3.39. The highest BCUT2D eigenvalue weighted by molar-refractivity contribution is 5.78. The Hall–Kier alpha value is -4.37. The number of carbonyl (C=O) groups is 2. The van der Waals surface area contributed by atoms with Gasteiger partial charge in [0, 0.05) is 51.5 Å². The number of ether oxygens (including phenoxy) is 2. The lowest BCUT2D eigenvalue weighted by atomic mass is 9.95. The molecule has 4 aromatic rings. The van der Waals surface area contributed by atoms with Gasteiger partial charge in [-0.05, 0) is 60.2 Å². The van der Waals surface area contributed by atoms with E-state index in [1.165, 1.54) is 6.92 Å². The Morgan fingerprint density at radius 3 is 2.60 bits per heavy atom. The van der Waals surface area contributed by atoms with E-state index in [1.807, 2.05) is 41.3 Å². The fourth-order valence-electron chi connectivity index (χ4n) is 6.18. The first-order chi connectivity index (χ1) is 20.9. The normalized spacial score (nSPS) is 17.1. The second-order valence-electron chi connectivity index (χ2n) is 11.5. The van der Waals surface area contributed by atoms with E-state index in [2.05, 4.69) is 40.2 Å². The maximum atomic E-state index is 13.4. The quantitative estimate of drug-likeness (QED) is 0.305. The summed E-state index contributed by atoms with van der Waals surface area (Å²) >= 11 is 0. The number of rotatable bonds is 9. The van der Waals surface area contributed by atoms with Crippen LogP contribution in [0.1, 0.15) is 43.5 Å². The average molecular weight is 582 g/mol. The standard InChI is InChI=1S/C34H39N5O4/c1-23(40)36-14-16-39-30-7-3-2-6-29(30)37-34(39)27-5-4-15-38(22-27)33(41)21-28(35)19-24-8-10-25(11-9-24)26-12-13-31-32(20-26)43-18-17-42-31/h2-3,6-13,20,27-28H,4-5,14-19,21-22,35H2,1H3,(H,36,40)/t27-,28-/m1/s1. The predicted molar refractivity (Wildman–Crippen MR) is 166 cm³/mol. The molecular weight excluding hydrogens is 542 g/mol. The van der Waals surface area contributed by atoms with Crippen LogP contribution in [0.2, 0.25) is 0 Å². The van der Waals surface area contributed by atoms with E-state index < -0.39 is 0 Å². The van der Waals surface area contributed by atoms with Crippen LogP contribution in [0.3, 0.4) is 0 Å². The number of fused-ring (bicyclic) bond motifs is 2. The van der Waals surface area contributed by atoms with Crippen molar-refractivity contribution in [3.63, 3.8) is 0 Å². The third kappa shape index (κ3) is 6.67. The zero-order valence-corrected chi connectivity index (χ0v) is 24.6. The van der Waals surface area contributed by atoms with Crippen LogP contribution < -0.4 is 20.5 Å². The third-order valence-corrected chi connectivity index (χ3v) is 8.30. The fourth-order valence-corrected chi connectivity index (χ4v) is 6.18. The van der Waals surface area contributed by atoms with Crippen LogP contribution in [0.5, 0.6) is 11.5 Å². The smallest absolute Gasteiger partial charge is 0.224 e. The molecule has 2 aliphatic rings. The van der Waals surface area contributed by atoms with Crippen molar-refractivity contribution in [1.29, 1.82) is 0 Å². The SMILES string of the molecule is CC(=O)NCCn1c([C@@H]2CCCN(C(=O)C[C@H](N)Cc3ccc(-c4ccc5c(c4)OCCO5)cc3)C2)nc2ccccc21. The highest BCUT2D eigenvalue weighted by Gasteiger charge is 2.29. The summed E-state index contributed by atoms with van der Waals surface area (Å²) in [5.74, 6) is 2.70. The van der Waals surface area contributed by atoms with Crippen LogP contribution in [0.15, 0.2) is 66.7 Å². The molecule has 1 aromatic heterocycles. The molecule has 224 valence electrons. The number of para-hydroxylation sites is 2. The van der Waals surface area contributed by atoms with Crippen molar-refractivity contribution in [2.75, 3.05) is 32.8 Å². The molecule has 2 amide bonds. The van der Waals surface area contributed by atoms with Gasteiger partial charge in [-0.15, -0.1) is 0 Å². The first-order valence-electron chi connectivity index (χ1n) is 15.2. The third-order valence-electron chi connectivity index (χ3n) is 8.30. The zero-order chi connectivity index (χ0) is 29.8. The molecule has 0 spiro atoms. The molecule has 0 unspecified atom stereocenters. The Labute approximate surface area is 252 Å². The van der Waals surface area contributed by atoms with Gasteiger partial charge in [-0.2, -0.15) is 0 Å². The molecule has 3 N–H and O–H groups in total. The number of hydrogen-bond donors (Lipinski definition) is 2. The second-order valence-corrected chi connectivity index (χ2v) is 11.5. The van der Waals surface area contributed by atoms with Gasteiger partial charge in [0.15, 0.2) is 11.5 Å². The van der Waals surface area contributed by atoms with Gasteiger partial charge in [-0.3, -0.25) is 9.59 Å². The van der Waals surface area contributed by atoms with E-state index >= 15 is 0 Å². The summed E-state index contributed by atoms with van der Waals surface area (Å²) in [6.07, 6.45) is 2.82. The van der Waals surface area contributed by atoms with Crippen LogP contribution in [0.25, 0.3) is 22.2 Å². The van der Waals surface area contributed by atoms with Gasteiger partial charge in [-0.25, -0.2) is 4.98 Å². The highest BCUT2D eigenvalue weighted by Crippen LogP contribution is 2.35. The van der Waals surface area contributed by atoms with E-state index in [0.717, 1.165) is 64.4 Å². The highest BCUT2D eigenvalue weighted by atomic mass is 16.6. The number of nitrogens with one attached hydrogen (secondary N) is 1. The fraction of sp³-hybridized carbons (Fsp3) is 0.382. The van der Waals surface area contributed by atoms with E-state index in [9.17, 15) is 9.59 Å². The Balaban J connectivity index is 1.07. The maximum absolute atomic E-state index is 13.4. The van der Waals surface area contributed by atoms with Crippen molar-refractivity contribution < 1.29 is 19.1 Å². The maximum Gasteiger partial charge on any atom is 0.224 e. The molecule has 9 nitrogen and oxygen atoms in total. The largest absolute Gasteiger partial charge is 0.486 e. The second kappa shape index (κ2) is 12.9. The molecule has 2 aliphatic heterocycles. The Morgan fingerprint density at radius 2 is 1.79 bits per heavy atom. The number of amides is 2. The zero-order valence-electron chi connectivity index (χ0n) is 24.6. The molecule has 0 aliphatic carbocycles. The molecule has 0 saturated carbocycles. The summed E-state index contributed by atoms with van der Waals surface area (Å²) in [5, 5.41) is 2.89. The van der Waals surface area contributed by atoms with E-state index in [1.54, 1.807) is 0 Å². The molecule has 3 aromatic carbocycles. The van der Waals surface area contributed by atoms with Gasteiger partial charge in [0.05, 0.1) is 11.0 Å². The van der Waals surface area contributed by atoms with Crippen LogP contribution >= 0.6 is 0 Å². The number of piperidine rings is 1. The molecular formula is C34H39N5O4. The van der Waals surface area contributed by atoms with Gasteiger partial charge in [-0.1, -0.05) is 42.5 Å². The molecule has 2 atom stereocenters. The summed E-state index contributed by atoms with van der Waals surface area (Å²) < 4.78 is 13.6. The number of carbonyl (C=O) groups excluding carboxylic acids is 2. The van der Waals surface area contributed by atoms with E-state index in [4.69, 9.17) is 20.2 Å². The van der Waals surface area contributed by atoms with Crippen LogP contribution in [0.4, 0.5) is 0 Å². The van der Waals surface area contributed by atoms with E-state index in [0.29, 0.717) is 45.7 Å². The molecule has 1 fully saturated rings. The summed E-state index contributed by atoms with van der Waals surface area (Å²) in [6, 6.07) is 22.1. The molecule has 3 heterocycles. The van der Waals surface area contributed by atoms with Crippen molar-refractivity contribution in [2.24, 2.45) is 5.73 Å². The summed E-state index contributed by atoms with van der Waals surface area (Å²) in [4.78, 5) is 31.8. The van der Waals surface area contributed by atoms with Crippen molar-refractivity contribution in [3.8, 4) is 22.6 Å². The molecule has 43 heavy (non-hydrogen) atoms. The van der Waals surface area contributed by atoms with Crippen molar-refractivity contribution in [2.45, 2.75) is 51.1 Å². The number of benzene rings is 3. The lowest BCUT2D eigenvalue weighted by Crippen LogP contribution is -2.42. The number of imidazole rings is 1. The van der Waals surface area contributed by atoms with Gasteiger partial charge in [0.25, 0.3) is 0 Å². The summed E-state index contributed by atoms with van der Waals surface area (Å²) in [7, 11) is 0. The number of likely N-dealkylation sites (tertiary alicyclic amines) is 1. The molecule has 0 radical (unpaired) electrons. The molecule has 6 rings (SSSR count). The monoisotopic (exact) mass is 581 g/mol. The minimum Gasteiger partial charge on any atom is -0.486 e. The van der Waals surface area contributed by atoms with Gasteiger partial charge >= 0.3 is 0 Å². The lowest BCUT2D eigenvalue weighted by Gasteiger charge is -2.33. The molecule has 0 bridgehead atoms. The minimum atomic E-state index is -0.268. The lowest BCUT2D eigenvalue weighted by molar-refractivity contribution is -0.132. The van der Waals surface area contributed by atoms with Crippen molar-refractivity contribution in [1.82, 2.24) is 19.8 Å². The topological polar surface area (TPSA) is 112 Å². The number of aromatic nitrogens is 2.